The number of hydrogen-bond donors (Lipinski definition) is 2. The molecule has 0 atom stereocenters. The molecule has 8 heteroatoms. The summed E-state index contributed by atoms with van der Waals surface area (Å²) in [7, 11) is 2.93. The number of nitrogens with zero attached hydrogens (tertiary/aromatic N) is 3. The number of aromatic hydroxyl groups is 2. The molecule has 0 saturated carbocycles. The van der Waals surface area contributed by atoms with E-state index in [0.717, 1.165) is 17.3 Å². The van der Waals surface area contributed by atoms with E-state index in [1.807, 2.05) is 31.2 Å². The first kappa shape index (κ1) is 22.8. The van der Waals surface area contributed by atoms with E-state index in [9.17, 15) is 19.4 Å². The van der Waals surface area contributed by atoms with Gasteiger partial charge in [0, 0.05) is 25.2 Å². The van der Waals surface area contributed by atoms with Crippen molar-refractivity contribution in [3.05, 3.63) is 89.4 Å². The van der Waals surface area contributed by atoms with Gasteiger partial charge in [0.15, 0.2) is 11.6 Å². The maximum absolute atomic E-state index is 14.0. The molecule has 4 aromatic rings. The summed E-state index contributed by atoms with van der Waals surface area (Å²) < 4.78 is 20.6. The molecule has 0 aliphatic heterocycles. The molecule has 0 radical (unpaired) electrons. The first-order valence-electron chi connectivity index (χ1n) is 10.5. The Balaban J connectivity index is 1.68. The Morgan fingerprint density at radius 2 is 1.85 bits per heavy atom. The molecule has 0 bridgehead atoms. The van der Waals surface area contributed by atoms with E-state index in [4.69, 9.17) is 4.74 Å². The summed E-state index contributed by atoms with van der Waals surface area (Å²) >= 11 is 0. The number of phenols is 2. The topological polar surface area (TPSA) is 87.8 Å². The molecule has 1 amide bonds. The molecule has 0 aliphatic carbocycles. The number of methoxy groups -OCH3 is 1. The molecule has 0 aliphatic rings. The van der Waals surface area contributed by atoms with Gasteiger partial charge in [-0.15, -0.1) is 0 Å². The number of aromatic nitrogens is 2. The minimum Gasteiger partial charge on any atom is -0.507 e. The van der Waals surface area contributed by atoms with E-state index < -0.39 is 11.7 Å². The van der Waals surface area contributed by atoms with Crippen LogP contribution < -0.4 is 4.74 Å². The first-order chi connectivity index (χ1) is 16.3. The number of para-hydroxylation sites is 1. The number of amides is 1. The van der Waals surface area contributed by atoms with E-state index in [1.54, 1.807) is 30.1 Å². The second kappa shape index (κ2) is 9.27. The quantitative estimate of drug-likeness (QED) is 0.435. The van der Waals surface area contributed by atoms with Crippen LogP contribution in [0.15, 0.2) is 66.9 Å². The molecular weight excluding hydrogens is 437 g/mol. The third kappa shape index (κ3) is 4.30. The van der Waals surface area contributed by atoms with E-state index in [0.29, 0.717) is 16.8 Å². The fraction of sp³-hybridized carbons (Fsp3) is 0.154. The minimum absolute atomic E-state index is 0.00168. The van der Waals surface area contributed by atoms with Crippen LogP contribution in [0.1, 0.15) is 21.5 Å². The number of ether oxygens (including phenoxy) is 1. The van der Waals surface area contributed by atoms with Crippen LogP contribution in [0.4, 0.5) is 4.39 Å². The Bertz CT molecular complexity index is 1370. The molecule has 0 saturated heterocycles. The molecule has 2 N–H and O–H groups in total. The summed E-state index contributed by atoms with van der Waals surface area (Å²) in [5, 5.41) is 25.4. The van der Waals surface area contributed by atoms with Crippen molar-refractivity contribution in [2.75, 3.05) is 14.2 Å². The van der Waals surface area contributed by atoms with Gasteiger partial charge in [0.2, 0.25) is 0 Å². The van der Waals surface area contributed by atoms with Gasteiger partial charge in [-0.1, -0.05) is 24.3 Å². The third-order valence-corrected chi connectivity index (χ3v) is 5.59. The predicted octanol–water partition coefficient (Wildman–Crippen LogP) is 4.68. The number of aryl methyl sites for hydroxylation is 1. The minimum atomic E-state index is -0.528. The summed E-state index contributed by atoms with van der Waals surface area (Å²) in [5.74, 6) is -1.45. The first-order valence-corrected chi connectivity index (χ1v) is 10.5. The average molecular weight is 461 g/mol. The standard InChI is InChI=1S/C26H24FN3O4/c1-16-6-4-5-7-21(16)30-22(10-11-28-30)18-13-19(24(32)14-23(18)31)26(33)29(2)15-17-8-9-25(34-3)20(27)12-17/h4-14,31-32H,15H2,1-3H3. The zero-order chi connectivity index (χ0) is 24.4. The zero-order valence-corrected chi connectivity index (χ0v) is 19.0. The molecule has 0 fully saturated rings. The third-order valence-electron chi connectivity index (χ3n) is 5.59. The maximum Gasteiger partial charge on any atom is 0.257 e. The summed E-state index contributed by atoms with van der Waals surface area (Å²) in [5.41, 5.74) is 3.26. The Kier molecular flexibility index (Phi) is 6.23. The summed E-state index contributed by atoms with van der Waals surface area (Å²) in [6.07, 6.45) is 1.60. The molecule has 0 spiro atoms. The monoisotopic (exact) mass is 461 g/mol. The van der Waals surface area contributed by atoms with Crippen molar-refractivity contribution in [2.24, 2.45) is 0 Å². The van der Waals surface area contributed by atoms with Crippen molar-refractivity contribution < 1.29 is 24.1 Å². The number of benzene rings is 3. The van der Waals surface area contributed by atoms with Crippen LogP contribution in [0.3, 0.4) is 0 Å². The second-order valence-corrected chi connectivity index (χ2v) is 7.93. The SMILES string of the molecule is COc1ccc(CN(C)C(=O)c2cc(-c3ccnn3-c3ccccc3C)c(O)cc2O)cc1F. The molecule has 1 aromatic heterocycles. The van der Waals surface area contributed by atoms with Crippen LogP contribution in [0, 0.1) is 12.7 Å². The van der Waals surface area contributed by atoms with Gasteiger partial charge in [0.1, 0.15) is 11.5 Å². The lowest BCUT2D eigenvalue weighted by Gasteiger charge is -2.19. The van der Waals surface area contributed by atoms with Gasteiger partial charge in [-0.2, -0.15) is 5.10 Å². The largest absolute Gasteiger partial charge is 0.507 e. The molecule has 7 nitrogen and oxygen atoms in total. The highest BCUT2D eigenvalue weighted by atomic mass is 19.1. The fourth-order valence-electron chi connectivity index (χ4n) is 3.81. The summed E-state index contributed by atoms with van der Waals surface area (Å²) in [4.78, 5) is 14.5. The lowest BCUT2D eigenvalue weighted by molar-refractivity contribution is 0.0782. The smallest absolute Gasteiger partial charge is 0.257 e. The number of halogens is 1. The van der Waals surface area contributed by atoms with Crippen LogP contribution >= 0.6 is 0 Å². The van der Waals surface area contributed by atoms with Crippen LogP contribution in [-0.4, -0.2) is 45.0 Å². The van der Waals surface area contributed by atoms with E-state index in [1.165, 1.54) is 30.2 Å². The molecule has 34 heavy (non-hydrogen) atoms. The number of carbonyl (C=O) groups excluding carboxylic acids is 1. The normalized spacial score (nSPS) is 10.8. The van der Waals surface area contributed by atoms with Crippen molar-refractivity contribution in [1.82, 2.24) is 14.7 Å². The van der Waals surface area contributed by atoms with Crippen LogP contribution in [0.25, 0.3) is 16.9 Å². The van der Waals surface area contributed by atoms with Crippen molar-refractivity contribution in [3.8, 4) is 34.2 Å². The molecule has 3 aromatic carbocycles. The van der Waals surface area contributed by atoms with Gasteiger partial charge in [0.25, 0.3) is 5.91 Å². The lowest BCUT2D eigenvalue weighted by atomic mass is 10.0. The summed E-state index contributed by atoms with van der Waals surface area (Å²) in [6, 6.07) is 16.4. The highest BCUT2D eigenvalue weighted by Crippen LogP contribution is 2.36. The van der Waals surface area contributed by atoms with E-state index >= 15 is 0 Å². The Morgan fingerprint density at radius 1 is 1.09 bits per heavy atom. The van der Waals surface area contributed by atoms with Gasteiger partial charge in [-0.25, -0.2) is 9.07 Å². The highest BCUT2D eigenvalue weighted by Gasteiger charge is 2.22. The number of carbonyl (C=O) groups is 1. The van der Waals surface area contributed by atoms with Crippen molar-refractivity contribution in [3.63, 3.8) is 0 Å². The fourth-order valence-corrected chi connectivity index (χ4v) is 3.81. The Morgan fingerprint density at radius 3 is 2.56 bits per heavy atom. The van der Waals surface area contributed by atoms with Gasteiger partial charge in [-0.3, -0.25) is 4.79 Å². The van der Waals surface area contributed by atoms with Crippen LogP contribution in [0.5, 0.6) is 17.2 Å². The van der Waals surface area contributed by atoms with Crippen LogP contribution in [0.2, 0.25) is 0 Å². The predicted molar refractivity (Wildman–Crippen MR) is 126 cm³/mol. The zero-order valence-electron chi connectivity index (χ0n) is 19.0. The van der Waals surface area contributed by atoms with Gasteiger partial charge >= 0.3 is 0 Å². The molecule has 1 heterocycles. The van der Waals surface area contributed by atoms with Gasteiger partial charge in [0.05, 0.1) is 30.3 Å². The number of rotatable bonds is 6. The lowest BCUT2D eigenvalue weighted by Crippen LogP contribution is -2.26. The second-order valence-electron chi connectivity index (χ2n) is 7.93. The Hall–Kier alpha value is -4.33. The Labute approximate surface area is 196 Å². The van der Waals surface area contributed by atoms with Crippen LogP contribution in [-0.2, 0) is 6.54 Å². The molecular formula is C26H24FN3O4. The molecule has 174 valence electrons. The van der Waals surface area contributed by atoms with Crippen molar-refractivity contribution >= 4 is 5.91 Å². The van der Waals surface area contributed by atoms with E-state index in [-0.39, 0.29) is 29.4 Å². The van der Waals surface area contributed by atoms with Crippen molar-refractivity contribution in [1.29, 1.82) is 0 Å². The molecule has 4 rings (SSSR count). The highest BCUT2D eigenvalue weighted by molar-refractivity contribution is 5.98. The van der Waals surface area contributed by atoms with E-state index in [2.05, 4.69) is 5.10 Å². The van der Waals surface area contributed by atoms with Crippen molar-refractivity contribution in [2.45, 2.75) is 13.5 Å². The number of phenolic OH excluding ortho intramolecular Hbond substituents is 2. The van der Waals surface area contributed by atoms with Gasteiger partial charge in [-0.05, 0) is 48.4 Å². The number of hydrogen-bond acceptors (Lipinski definition) is 5. The average Bonchev–Trinajstić information content (AvgIpc) is 3.28. The molecule has 0 unspecified atom stereocenters. The maximum atomic E-state index is 14.0. The van der Waals surface area contributed by atoms with Gasteiger partial charge < -0.3 is 19.8 Å². The summed E-state index contributed by atoms with van der Waals surface area (Å²) in [6.45, 7) is 2.06.